The summed E-state index contributed by atoms with van der Waals surface area (Å²) < 4.78 is 12.7. The van der Waals surface area contributed by atoms with Crippen LogP contribution in [0.25, 0.3) is 0 Å². The van der Waals surface area contributed by atoms with E-state index in [4.69, 9.17) is 5.26 Å². The van der Waals surface area contributed by atoms with Crippen molar-refractivity contribution in [1.29, 1.82) is 5.26 Å². The molecule has 0 aliphatic rings. The third-order valence-corrected chi connectivity index (χ3v) is 2.79. The van der Waals surface area contributed by atoms with Gasteiger partial charge in [0.15, 0.2) is 0 Å². The van der Waals surface area contributed by atoms with Crippen LogP contribution in [0.2, 0.25) is 0 Å². The van der Waals surface area contributed by atoms with Crippen LogP contribution < -0.4 is 5.32 Å². The molecule has 0 radical (unpaired) electrons. The molecule has 1 rings (SSSR count). The number of nitrogens with one attached hydrogen (secondary N) is 1. The predicted molar refractivity (Wildman–Crippen MR) is 72.8 cm³/mol. The van der Waals surface area contributed by atoms with Gasteiger partial charge < -0.3 is 5.32 Å². The largest absolute Gasteiger partial charge is 0.326 e. The van der Waals surface area contributed by atoms with E-state index >= 15 is 0 Å². The van der Waals surface area contributed by atoms with Crippen molar-refractivity contribution in [2.75, 3.05) is 5.32 Å². The third-order valence-electron chi connectivity index (χ3n) is 2.79. The van der Waals surface area contributed by atoms with Gasteiger partial charge in [0.2, 0.25) is 5.91 Å². The zero-order chi connectivity index (χ0) is 14.3. The fraction of sp³-hybridized carbons (Fsp3) is 0.467. The highest BCUT2D eigenvalue weighted by atomic mass is 19.1. The molecular formula is C15H19FN2O. The van der Waals surface area contributed by atoms with Crippen LogP contribution in [-0.2, 0) is 4.79 Å². The molecule has 1 aromatic rings. The molecule has 1 aromatic carbocycles. The first-order chi connectivity index (χ1) is 9.01. The van der Waals surface area contributed by atoms with Crippen LogP contribution in [0.15, 0.2) is 24.3 Å². The number of carbonyl (C=O) groups excluding carboxylic acids is 1. The lowest BCUT2D eigenvalue weighted by Crippen LogP contribution is -2.13. The molecule has 102 valence electrons. The fourth-order valence-electron chi connectivity index (χ4n) is 1.87. The highest BCUT2D eigenvalue weighted by Gasteiger charge is 2.12. The number of amides is 1. The summed E-state index contributed by atoms with van der Waals surface area (Å²) in [5.41, 5.74) is 0.573. The molecule has 0 spiro atoms. The number of carbonyl (C=O) groups is 1. The molecule has 4 heteroatoms. The van der Waals surface area contributed by atoms with Crippen molar-refractivity contribution in [1.82, 2.24) is 0 Å². The molecule has 0 bridgehead atoms. The minimum Gasteiger partial charge on any atom is -0.326 e. The molecule has 0 aliphatic carbocycles. The molecule has 19 heavy (non-hydrogen) atoms. The Kier molecular flexibility index (Phi) is 6.01. The second kappa shape index (κ2) is 7.52. The van der Waals surface area contributed by atoms with Gasteiger partial charge >= 0.3 is 0 Å². The van der Waals surface area contributed by atoms with E-state index in [-0.39, 0.29) is 17.6 Å². The summed E-state index contributed by atoms with van der Waals surface area (Å²) in [6.07, 6.45) is 1.67. The number of hydrogen-bond acceptors (Lipinski definition) is 2. The molecule has 0 aromatic heterocycles. The Morgan fingerprint density at radius 3 is 2.53 bits per heavy atom. The molecular weight excluding hydrogens is 243 g/mol. The summed E-state index contributed by atoms with van der Waals surface area (Å²) >= 11 is 0. The summed E-state index contributed by atoms with van der Waals surface area (Å²) in [6.45, 7) is 4.12. The molecule has 1 unspecified atom stereocenters. The van der Waals surface area contributed by atoms with Crippen molar-refractivity contribution in [3.05, 3.63) is 30.1 Å². The molecule has 1 N–H and O–H groups in total. The number of hydrogen-bond donors (Lipinski definition) is 1. The SMILES string of the molecule is CC(C)CC(C#N)CCC(=O)Nc1ccc(F)cc1. The van der Waals surface area contributed by atoms with Gasteiger partial charge in [-0.1, -0.05) is 13.8 Å². The monoisotopic (exact) mass is 262 g/mol. The average Bonchev–Trinajstić information content (AvgIpc) is 2.37. The molecule has 0 fully saturated rings. The van der Waals surface area contributed by atoms with Crippen LogP contribution in [0, 0.1) is 29.0 Å². The Balaban J connectivity index is 2.39. The van der Waals surface area contributed by atoms with Crippen LogP contribution in [0.4, 0.5) is 10.1 Å². The molecule has 0 saturated heterocycles. The van der Waals surface area contributed by atoms with Crippen LogP contribution in [0.5, 0.6) is 0 Å². The lowest BCUT2D eigenvalue weighted by atomic mass is 9.94. The number of rotatable bonds is 6. The van der Waals surface area contributed by atoms with Crippen molar-refractivity contribution >= 4 is 11.6 Å². The minimum absolute atomic E-state index is 0.0843. The first-order valence-electron chi connectivity index (χ1n) is 6.46. The maximum atomic E-state index is 12.7. The Labute approximate surface area is 113 Å². The number of nitrogens with zero attached hydrogens (tertiary/aromatic N) is 1. The Morgan fingerprint density at radius 1 is 1.37 bits per heavy atom. The predicted octanol–water partition coefficient (Wildman–Crippen LogP) is 3.73. The minimum atomic E-state index is -0.334. The molecule has 1 amide bonds. The molecule has 1 atom stereocenters. The summed E-state index contributed by atoms with van der Waals surface area (Å²) in [5, 5.41) is 11.7. The van der Waals surface area contributed by atoms with E-state index in [1.54, 1.807) is 0 Å². The number of halogens is 1. The van der Waals surface area contributed by atoms with Gasteiger partial charge in [-0.25, -0.2) is 4.39 Å². The van der Waals surface area contributed by atoms with Gasteiger partial charge in [-0.3, -0.25) is 4.79 Å². The van der Waals surface area contributed by atoms with Gasteiger partial charge in [-0.15, -0.1) is 0 Å². The van der Waals surface area contributed by atoms with Crippen LogP contribution in [-0.4, -0.2) is 5.91 Å². The van der Waals surface area contributed by atoms with Gasteiger partial charge in [0.05, 0.1) is 6.07 Å². The summed E-state index contributed by atoms with van der Waals surface area (Å²) in [7, 11) is 0. The number of anilines is 1. The summed E-state index contributed by atoms with van der Waals surface area (Å²) in [6, 6.07) is 7.86. The Bertz CT molecular complexity index is 448. The van der Waals surface area contributed by atoms with Crippen molar-refractivity contribution < 1.29 is 9.18 Å². The van der Waals surface area contributed by atoms with Gasteiger partial charge in [0.25, 0.3) is 0 Å². The van der Waals surface area contributed by atoms with Crippen molar-refractivity contribution in [3.63, 3.8) is 0 Å². The van der Waals surface area contributed by atoms with E-state index in [9.17, 15) is 9.18 Å². The zero-order valence-electron chi connectivity index (χ0n) is 11.3. The number of nitriles is 1. The van der Waals surface area contributed by atoms with Gasteiger partial charge in [-0.2, -0.15) is 5.26 Å². The Hall–Kier alpha value is -1.89. The standard InChI is InChI=1S/C15H19FN2O/c1-11(2)9-12(10-17)3-8-15(19)18-14-6-4-13(16)5-7-14/h4-7,11-12H,3,8-9H2,1-2H3,(H,18,19). The molecule has 0 heterocycles. The quantitative estimate of drug-likeness (QED) is 0.849. The lowest BCUT2D eigenvalue weighted by molar-refractivity contribution is -0.116. The van der Waals surface area contributed by atoms with E-state index in [1.807, 2.05) is 0 Å². The first kappa shape index (κ1) is 15.2. The van der Waals surface area contributed by atoms with E-state index in [1.165, 1.54) is 24.3 Å². The zero-order valence-corrected chi connectivity index (χ0v) is 11.3. The highest BCUT2D eigenvalue weighted by molar-refractivity contribution is 5.90. The van der Waals surface area contributed by atoms with Gasteiger partial charge in [-0.05, 0) is 43.0 Å². The third kappa shape index (κ3) is 6.01. The van der Waals surface area contributed by atoms with E-state index in [2.05, 4.69) is 25.2 Å². The Morgan fingerprint density at radius 2 is 2.00 bits per heavy atom. The van der Waals surface area contributed by atoms with Crippen LogP contribution >= 0.6 is 0 Å². The van der Waals surface area contributed by atoms with Crippen LogP contribution in [0.3, 0.4) is 0 Å². The highest BCUT2D eigenvalue weighted by Crippen LogP contribution is 2.17. The first-order valence-corrected chi connectivity index (χ1v) is 6.46. The second-order valence-corrected chi connectivity index (χ2v) is 5.05. The summed E-state index contributed by atoms with van der Waals surface area (Å²) in [4.78, 5) is 11.7. The molecule has 3 nitrogen and oxygen atoms in total. The second-order valence-electron chi connectivity index (χ2n) is 5.05. The van der Waals surface area contributed by atoms with E-state index in [0.29, 0.717) is 24.4 Å². The summed E-state index contributed by atoms with van der Waals surface area (Å²) in [5.74, 6) is -0.112. The van der Waals surface area contributed by atoms with Gasteiger partial charge in [0.1, 0.15) is 5.82 Å². The van der Waals surface area contributed by atoms with E-state index in [0.717, 1.165) is 6.42 Å². The van der Waals surface area contributed by atoms with Crippen molar-refractivity contribution in [3.8, 4) is 6.07 Å². The average molecular weight is 262 g/mol. The fourth-order valence-corrected chi connectivity index (χ4v) is 1.87. The topological polar surface area (TPSA) is 52.9 Å². The normalized spacial score (nSPS) is 11.9. The van der Waals surface area contributed by atoms with Crippen LogP contribution in [0.1, 0.15) is 33.1 Å². The number of benzene rings is 1. The maximum absolute atomic E-state index is 12.7. The van der Waals surface area contributed by atoms with E-state index < -0.39 is 0 Å². The maximum Gasteiger partial charge on any atom is 0.224 e. The van der Waals surface area contributed by atoms with Gasteiger partial charge in [0, 0.05) is 18.0 Å². The smallest absolute Gasteiger partial charge is 0.224 e. The molecule has 0 saturated carbocycles. The van der Waals surface area contributed by atoms with Crippen molar-refractivity contribution in [2.24, 2.45) is 11.8 Å². The van der Waals surface area contributed by atoms with Crippen molar-refractivity contribution in [2.45, 2.75) is 33.1 Å². The lowest BCUT2D eigenvalue weighted by Gasteiger charge is -2.11. The molecule has 0 aliphatic heterocycles.